The molecular weight excluding hydrogens is 438 g/mol. The molecule has 0 radical (unpaired) electrons. The van der Waals surface area contributed by atoms with Crippen molar-refractivity contribution in [2.24, 2.45) is 0 Å². The van der Waals surface area contributed by atoms with E-state index >= 15 is 0 Å². The van der Waals surface area contributed by atoms with Crippen LogP contribution in [0.15, 0.2) is 42.5 Å². The van der Waals surface area contributed by atoms with E-state index in [0.717, 1.165) is 6.40 Å². The van der Waals surface area contributed by atoms with Crippen LogP contribution in [0.3, 0.4) is 0 Å². The molecule has 0 atom stereocenters. The fourth-order valence-corrected chi connectivity index (χ4v) is 2.12. The van der Waals surface area contributed by atoms with E-state index in [-0.39, 0.29) is 12.0 Å². The van der Waals surface area contributed by atoms with Crippen LogP contribution < -0.4 is 15.4 Å². The molecule has 2 aromatic carbocycles. The summed E-state index contributed by atoms with van der Waals surface area (Å²) in [6.07, 6.45) is 0.927. The molecule has 33 heavy (non-hydrogen) atoms. The van der Waals surface area contributed by atoms with Crippen molar-refractivity contribution in [3.8, 4) is 5.75 Å². The van der Waals surface area contributed by atoms with Crippen LogP contribution in [0.1, 0.15) is 63.0 Å². The van der Waals surface area contributed by atoms with Gasteiger partial charge in [0.25, 0.3) is 5.91 Å². The van der Waals surface area contributed by atoms with Crippen LogP contribution in [0.4, 0.5) is 0 Å². The minimum atomic E-state index is -0.169. The lowest BCUT2D eigenvalue weighted by Gasteiger charge is -2.12. The monoisotopic (exact) mass is 481 g/mol. The molecule has 7 heteroatoms. The summed E-state index contributed by atoms with van der Waals surface area (Å²) in [4.78, 5) is 11.6. The fourth-order valence-electron chi connectivity index (χ4n) is 1.90. The largest absolute Gasteiger partial charge is 0.489 e. The third-order valence-corrected chi connectivity index (χ3v) is 3.61. The van der Waals surface area contributed by atoms with Gasteiger partial charge >= 0.3 is 0 Å². The SMILES string of the molecule is CC.CC.CNCNC(=O)c1ccc(OC(C)C)c(Cl)c1.COC=N.Cc1ccc(C)cc1. The van der Waals surface area contributed by atoms with E-state index in [0.29, 0.717) is 23.0 Å². The van der Waals surface area contributed by atoms with Gasteiger partial charge in [-0.2, -0.15) is 0 Å². The first kappa shape index (κ1) is 35.0. The van der Waals surface area contributed by atoms with Crippen LogP contribution in [-0.4, -0.2) is 39.2 Å². The fraction of sp³-hybridized carbons (Fsp3) is 0.462. The van der Waals surface area contributed by atoms with Crippen molar-refractivity contribution >= 4 is 23.9 Å². The summed E-state index contributed by atoms with van der Waals surface area (Å²) >= 11 is 6.03. The Bertz CT molecular complexity index is 715. The second-order valence-corrected chi connectivity index (χ2v) is 6.76. The topological polar surface area (TPSA) is 83.4 Å². The molecule has 2 rings (SSSR count). The van der Waals surface area contributed by atoms with E-state index < -0.39 is 0 Å². The first-order chi connectivity index (χ1) is 15.7. The smallest absolute Gasteiger partial charge is 0.252 e. The number of carbonyl (C=O) groups excluding carboxylic acids is 1. The van der Waals surface area contributed by atoms with Crippen LogP contribution in [0.2, 0.25) is 5.02 Å². The van der Waals surface area contributed by atoms with Crippen molar-refractivity contribution in [3.05, 3.63) is 64.2 Å². The Hall–Kier alpha value is -2.57. The minimum Gasteiger partial charge on any atom is -0.489 e. The Morgan fingerprint density at radius 2 is 1.48 bits per heavy atom. The highest BCUT2D eigenvalue weighted by Gasteiger charge is 2.09. The molecule has 0 aliphatic heterocycles. The van der Waals surface area contributed by atoms with Crippen molar-refractivity contribution < 1.29 is 14.3 Å². The lowest BCUT2D eigenvalue weighted by atomic mass is 10.2. The van der Waals surface area contributed by atoms with Gasteiger partial charge in [-0.25, -0.2) is 0 Å². The van der Waals surface area contributed by atoms with Gasteiger partial charge < -0.3 is 20.1 Å². The summed E-state index contributed by atoms with van der Waals surface area (Å²) in [6.45, 7) is 16.5. The molecule has 0 spiro atoms. The second-order valence-electron chi connectivity index (χ2n) is 6.36. The lowest BCUT2D eigenvalue weighted by Crippen LogP contribution is -2.31. The zero-order chi connectivity index (χ0) is 26.2. The summed E-state index contributed by atoms with van der Waals surface area (Å²) < 4.78 is 9.57. The summed E-state index contributed by atoms with van der Waals surface area (Å²) in [5.74, 6) is 0.421. The molecule has 6 nitrogen and oxygen atoms in total. The maximum Gasteiger partial charge on any atom is 0.252 e. The van der Waals surface area contributed by atoms with Gasteiger partial charge in [0.2, 0.25) is 0 Å². The van der Waals surface area contributed by atoms with Crippen molar-refractivity contribution in [2.75, 3.05) is 20.8 Å². The van der Waals surface area contributed by atoms with Crippen molar-refractivity contribution in [2.45, 2.75) is 61.5 Å². The predicted octanol–water partition coefficient (Wildman–Crippen LogP) is 6.63. The van der Waals surface area contributed by atoms with Crippen molar-refractivity contribution in [1.82, 2.24) is 10.6 Å². The molecule has 0 aromatic heterocycles. The van der Waals surface area contributed by atoms with Crippen molar-refractivity contribution in [1.29, 1.82) is 5.41 Å². The zero-order valence-electron chi connectivity index (χ0n) is 22.0. The highest BCUT2D eigenvalue weighted by Crippen LogP contribution is 2.26. The predicted molar refractivity (Wildman–Crippen MR) is 143 cm³/mol. The molecule has 0 aliphatic rings. The van der Waals surface area contributed by atoms with Gasteiger partial charge in [-0.1, -0.05) is 74.7 Å². The van der Waals surface area contributed by atoms with E-state index in [2.05, 4.69) is 53.5 Å². The molecule has 0 aliphatic carbocycles. The number of methoxy groups -OCH3 is 1. The highest BCUT2D eigenvalue weighted by molar-refractivity contribution is 6.32. The quantitative estimate of drug-likeness (QED) is 0.245. The third-order valence-electron chi connectivity index (χ3n) is 3.32. The maximum atomic E-state index is 11.6. The Labute approximate surface area is 206 Å². The zero-order valence-corrected chi connectivity index (χ0v) is 22.8. The first-order valence-electron chi connectivity index (χ1n) is 11.2. The highest BCUT2D eigenvalue weighted by atomic mass is 35.5. The van der Waals surface area contributed by atoms with E-state index in [1.54, 1.807) is 25.2 Å². The first-order valence-corrected chi connectivity index (χ1v) is 11.6. The number of rotatable bonds is 6. The van der Waals surface area contributed by atoms with E-state index in [1.165, 1.54) is 18.2 Å². The number of halogens is 1. The number of amides is 1. The number of carbonyl (C=O) groups is 1. The van der Waals surface area contributed by atoms with Crippen LogP contribution in [0, 0.1) is 19.3 Å². The number of hydrogen-bond donors (Lipinski definition) is 3. The van der Waals surface area contributed by atoms with E-state index in [1.807, 2.05) is 41.5 Å². The number of nitrogens with one attached hydrogen (secondary N) is 3. The van der Waals surface area contributed by atoms with E-state index in [4.69, 9.17) is 21.7 Å². The maximum absolute atomic E-state index is 11.6. The van der Waals surface area contributed by atoms with Crippen LogP contribution in [-0.2, 0) is 4.74 Å². The summed E-state index contributed by atoms with van der Waals surface area (Å²) in [7, 11) is 3.19. The van der Waals surface area contributed by atoms with Crippen LogP contribution in [0.5, 0.6) is 5.75 Å². The number of benzene rings is 2. The van der Waals surface area contributed by atoms with E-state index in [9.17, 15) is 4.79 Å². The molecule has 0 fully saturated rings. The minimum absolute atomic E-state index is 0.0523. The van der Waals surface area contributed by atoms with Crippen LogP contribution >= 0.6 is 11.6 Å². The molecule has 0 saturated carbocycles. The molecule has 0 unspecified atom stereocenters. The molecule has 3 N–H and O–H groups in total. The van der Waals surface area contributed by atoms with Gasteiger partial charge in [-0.05, 0) is 52.9 Å². The normalized spacial score (nSPS) is 8.61. The molecular formula is C26H44ClN3O3. The second kappa shape index (κ2) is 24.1. The van der Waals surface area contributed by atoms with Gasteiger partial charge in [-0.15, -0.1) is 0 Å². The van der Waals surface area contributed by atoms with Crippen LogP contribution in [0.25, 0.3) is 0 Å². The Morgan fingerprint density at radius 1 is 1.03 bits per heavy atom. The standard InChI is InChI=1S/C12H17ClN2O2.C8H10.C2H5NO.2C2H6/c1-8(2)17-11-5-4-9(6-10(11)13)12(16)15-7-14-3;1-7-3-5-8(2)6-4-7;1-4-2-3;2*1-2/h4-6,8,14H,7H2,1-3H3,(H,15,16);3-6H,1-2H3;2-3H,1H3;2*1-2H3. The molecule has 2 aromatic rings. The Morgan fingerprint density at radius 3 is 1.82 bits per heavy atom. The van der Waals surface area contributed by atoms with Gasteiger partial charge in [0.15, 0.2) is 6.40 Å². The number of ether oxygens (including phenoxy) is 2. The molecule has 0 heterocycles. The molecule has 0 saturated heterocycles. The summed E-state index contributed by atoms with van der Waals surface area (Å²) in [5, 5.41) is 12.1. The number of hydrogen-bond acceptors (Lipinski definition) is 5. The average Bonchev–Trinajstić information content (AvgIpc) is 2.83. The number of aryl methyl sites for hydroxylation is 2. The lowest BCUT2D eigenvalue weighted by molar-refractivity contribution is 0.0951. The van der Waals surface area contributed by atoms with Gasteiger partial charge in [0, 0.05) is 5.56 Å². The van der Waals surface area contributed by atoms with Gasteiger partial charge in [-0.3, -0.25) is 10.2 Å². The Kier molecular flexibility index (Phi) is 25.6. The summed E-state index contributed by atoms with van der Waals surface area (Å²) in [6, 6.07) is 13.5. The summed E-state index contributed by atoms with van der Waals surface area (Å²) in [5.41, 5.74) is 3.17. The van der Waals surface area contributed by atoms with Gasteiger partial charge in [0.05, 0.1) is 24.9 Å². The van der Waals surface area contributed by atoms with Crippen molar-refractivity contribution in [3.63, 3.8) is 0 Å². The molecule has 1 amide bonds. The third kappa shape index (κ3) is 19.8. The molecule has 188 valence electrons. The average molecular weight is 482 g/mol. The van der Waals surface area contributed by atoms with Gasteiger partial charge in [0.1, 0.15) is 5.75 Å². The molecule has 0 bridgehead atoms. The Balaban J connectivity index is -0.000000465.